The molecule has 0 unspecified atom stereocenters. The van der Waals surface area contributed by atoms with Crippen LogP contribution >= 0.6 is 0 Å². The van der Waals surface area contributed by atoms with Gasteiger partial charge in [0.05, 0.1) is 17.6 Å². The van der Waals surface area contributed by atoms with Crippen LogP contribution in [0.2, 0.25) is 0 Å². The summed E-state index contributed by atoms with van der Waals surface area (Å²) in [4.78, 5) is 18.2. The predicted octanol–water partition coefficient (Wildman–Crippen LogP) is 2.39. The molecule has 1 N–H and O–H groups in total. The van der Waals surface area contributed by atoms with Crippen molar-refractivity contribution in [2.45, 2.75) is 20.4 Å². The second-order valence-corrected chi connectivity index (χ2v) is 6.40. The van der Waals surface area contributed by atoms with Crippen LogP contribution in [0.3, 0.4) is 0 Å². The lowest BCUT2D eigenvalue weighted by Gasteiger charge is -2.06. The number of hydrogen-bond acceptors (Lipinski definition) is 5. The van der Waals surface area contributed by atoms with E-state index in [9.17, 15) is 4.79 Å². The monoisotopic (exact) mass is 373 g/mol. The Morgan fingerprint density at radius 2 is 1.86 bits per heavy atom. The first-order chi connectivity index (χ1) is 13.6. The maximum absolute atomic E-state index is 12.3. The van der Waals surface area contributed by atoms with Gasteiger partial charge in [-0.2, -0.15) is 15.0 Å². The zero-order chi connectivity index (χ0) is 19.5. The van der Waals surface area contributed by atoms with Crippen molar-refractivity contribution in [3.63, 3.8) is 0 Å². The Morgan fingerprint density at radius 1 is 1.04 bits per heavy atom. The van der Waals surface area contributed by atoms with Gasteiger partial charge in [0.2, 0.25) is 0 Å². The second kappa shape index (κ2) is 7.43. The first kappa shape index (κ1) is 17.6. The van der Waals surface area contributed by atoms with E-state index in [-0.39, 0.29) is 11.6 Å². The predicted molar refractivity (Wildman–Crippen MR) is 103 cm³/mol. The third-order valence-corrected chi connectivity index (χ3v) is 4.20. The normalized spacial score (nSPS) is 10.8. The summed E-state index contributed by atoms with van der Waals surface area (Å²) in [6.07, 6.45) is 3.18. The van der Waals surface area contributed by atoms with E-state index in [2.05, 4.69) is 25.6 Å². The number of nitrogens with one attached hydrogen (secondary N) is 1. The molecule has 0 fully saturated rings. The van der Waals surface area contributed by atoms with Crippen LogP contribution < -0.4 is 5.32 Å². The quantitative estimate of drug-likeness (QED) is 0.580. The number of pyridine rings is 1. The maximum atomic E-state index is 12.3. The highest BCUT2D eigenvalue weighted by atomic mass is 16.2. The number of aryl methyl sites for hydroxylation is 2. The van der Waals surface area contributed by atoms with Crippen LogP contribution in [0.5, 0.6) is 0 Å². The molecule has 0 aliphatic carbocycles. The number of benzene rings is 1. The summed E-state index contributed by atoms with van der Waals surface area (Å²) in [5.74, 6) is 0.455. The Balaban J connectivity index is 1.40. The first-order valence-corrected chi connectivity index (χ1v) is 8.85. The molecular weight excluding hydrogens is 354 g/mol. The van der Waals surface area contributed by atoms with Crippen molar-refractivity contribution in [3.8, 4) is 11.5 Å². The van der Waals surface area contributed by atoms with Gasteiger partial charge < -0.3 is 5.32 Å². The van der Waals surface area contributed by atoms with E-state index >= 15 is 0 Å². The van der Waals surface area contributed by atoms with Gasteiger partial charge in [0, 0.05) is 18.4 Å². The van der Waals surface area contributed by atoms with Crippen LogP contribution in [0.15, 0.2) is 60.9 Å². The third-order valence-electron chi connectivity index (χ3n) is 4.20. The molecule has 3 aromatic heterocycles. The number of rotatable bonds is 5. The van der Waals surface area contributed by atoms with E-state index in [0.29, 0.717) is 6.54 Å². The van der Waals surface area contributed by atoms with Gasteiger partial charge >= 0.3 is 0 Å². The van der Waals surface area contributed by atoms with Gasteiger partial charge in [0.25, 0.3) is 5.91 Å². The molecule has 0 saturated carbocycles. The lowest BCUT2D eigenvalue weighted by Crippen LogP contribution is -2.23. The van der Waals surface area contributed by atoms with E-state index in [1.807, 2.05) is 62.4 Å². The molecule has 0 aliphatic rings. The highest BCUT2D eigenvalue weighted by Gasteiger charge is 2.11. The molecule has 28 heavy (non-hydrogen) atoms. The molecule has 4 rings (SSSR count). The number of carbonyl (C=O) groups is 1. The van der Waals surface area contributed by atoms with Gasteiger partial charge in [-0.25, -0.2) is 9.67 Å². The Bertz CT molecular complexity index is 1100. The van der Waals surface area contributed by atoms with E-state index in [1.165, 1.54) is 11.0 Å². The fraction of sp³-hybridized carbons (Fsp3) is 0.150. The molecule has 140 valence electrons. The van der Waals surface area contributed by atoms with Gasteiger partial charge in [0.15, 0.2) is 11.5 Å². The molecule has 0 atom stereocenters. The minimum atomic E-state index is -0.287. The average molecular weight is 373 g/mol. The molecule has 4 aromatic rings. The van der Waals surface area contributed by atoms with Gasteiger partial charge in [-0.1, -0.05) is 24.3 Å². The highest BCUT2D eigenvalue weighted by molar-refractivity contribution is 5.91. The zero-order valence-electron chi connectivity index (χ0n) is 15.6. The standard InChI is InChI=1S/C20H19N7O/c1-14-10-15(2)26(24-14)19-9-8-16(11-21-19)12-22-20(28)18-13-23-27(25-18)17-6-4-3-5-7-17/h3-11,13H,12H2,1-2H3,(H,22,28). The van der Waals surface area contributed by atoms with Gasteiger partial charge in [0.1, 0.15) is 0 Å². The summed E-state index contributed by atoms with van der Waals surface area (Å²) in [6.45, 7) is 4.28. The smallest absolute Gasteiger partial charge is 0.273 e. The van der Waals surface area contributed by atoms with E-state index in [1.54, 1.807) is 10.9 Å². The van der Waals surface area contributed by atoms with Crippen molar-refractivity contribution in [1.29, 1.82) is 0 Å². The number of hydrogen-bond donors (Lipinski definition) is 1. The van der Waals surface area contributed by atoms with Crippen LogP contribution in [-0.4, -0.2) is 35.7 Å². The van der Waals surface area contributed by atoms with Crippen molar-refractivity contribution >= 4 is 5.91 Å². The minimum absolute atomic E-state index is 0.260. The van der Waals surface area contributed by atoms with Crippen molar-refractivity contribution in [2.24, 2.45) is 0 Å². The largest absolute Gasteiger partial charge is 0.346 e. The summed E-state index contributed by atoms with van der Waals surface area (Å²) >= 11 is 0. The maximum Gasteiger partial charge on any atom is 0.273 e. The van der Waals surface area contributed by atoms with Crippen LogP contribution in [0.1, 0.15) is 27.4 Å². The summed E-state index contributed by atoms with van der Waals surface area (Å²) in [7, 11) is 0. The average Bonchev–Trinajstić information content (AvgIpc) is 3.34. The lowest BCUT2D eigenvalue weighted by atomic mass is 10.2. The molecule has 0 saturated heterocycles. The molecule has 1 aromatic carbocycles. The molecule has 0 spiro atoms. The van der Waals surface area contributed by atoms with Gasteiger partial charge in [-0.05, 0) is 43.7 Å². The number of para-hydroxylation sites is 1. The van der Waals surface area contributed by atoms with E-state index < -0.39 is 0 Å². The van der Waals surface area contributed by atoms with Crippen LogP contribution in [0.4, 0.5) is 0 Å². The molecule has 0 bridgehead atoms. The minimum Gasteiger partial charge on any atom is -0.346 e. The summed E-state index contributed by atoms with van der Waals surface area (Å²) in [5, 5.41) is 15.6. The molecular formula is C20H19N7O. The number of amides is 1. The first-order valence-electron chi connectivity index (χ1n) is 8.85. The fourth-order valence-corrected chi connectivity index (χ4v) is 2.83. The summed E-state index contributed by atoms with van der Waals surface area (Å²) in [5.41, 5.74) is 3.90. The molecule has 8 nitrogen and oxygen atoms in total. The molecule has 0 aliphatic heterocycles. The van der Waals surface area contributed by atoms with E-state index in [4.69, 9.17) is 0 Å². The van der Waals surface area contributed by atoms with Crippen LogP contribution in [0.25, 0.3) is 11.5 Å². The highest BCUT2D eigenvalue weighted by Crippen LogP contribution is 2.10. The van der Waals surface area contributed by atoms with Crippen molar-refractivity contribution in [2.75, 3.05) is 0 Å². The molecule has 8 heteroatoms. The second-order valence-electron chi connectivity index (χ2n) is 6.40. The number of aromatic nitrogens is 6. The topological polar surface area (TPSA) is 90.5 Å². The molecule has 0 radical (unpaired) electrons. The van der Waals surface area contributed by atoms with Gasteiger partial charge in [-0.15, -0.1) is 5.10 Å². The Kier molecular flexibility index (Phi) is 4.67. The van der Waals surface area contributed by atoms with Crippen LogP contribution in [0, 0.1) is 13.8 Å². The van der Waals surface area contributed by atoms with Crippen molar-refractivity contribution in [1.82, 2.24) is 35.1 Å². The Hall–Kier alpha value is -3.81. The van der Waals surface area contributed by atoms with Crippen molar-refractivity contribution in [3.05, 3.63) is 83.6 Å². The van der Waals surface area contributed by atoms with Crippen LogP contribution in [-0.2, 0) is 6.54 Å². The Morgan fingerprint density at radius 3 is 2.54 bits per heavy atom. The lowest BCUT2D eigenvalue weighted by molar-refractivity contribution is 0.0945. The summed E-state index contributed by atoms with van der Waals surface area (Å²) in [6, 6.07) is 15.2. The zero-order valence-corrected chi connectivity index (χ0v) is 15.6. The Labute approximate surface area is 161 Å². The third kappa shape index (κ3) is 3.66. The summed E-state index contributed by atoms with van der Waals surface area (Å²) < 4.78 is 1.79. The van der Waals surface area contributed by atoms with E-state index in [0.717, 1.165) is 28.5 Å². The molecule has 1 amide bonds. The SMILES string of the molecule is Cc1cc(C)n(-c2ccc(CNC(=O)c3cnn(-c4ccccc4)n3)cn2)n1. The van der Waals surface area contributed by atoms with Gasteiger partial charge in [-0.3, -0.25) is 4.79 Å². The molecule has 3 heterocycles. The number of carbonyl (C=O) groups excluding carboxylic acids is 1. The fourth-order valence-electron chi connectivity index (χ4n) is 2.83. The number of nitrogens with zero attached hydrogens (tertiary/aromatic N) is 6. The van der Waals surface area contributed by atoms with Crippen molar-refractivity contribution < 1.29 is 4.79 Å².